The van der Waals surface area contributed by atoms with E-state index in [0.29, 0.717) is 17.0 Å². The topological polar surface area (TPSA) is 72.2 Å². The first-order valence-corrected chi connectivity index (χ1v) is 7.73. The SMILES string of the molecule is CCC(C(N)=S)S(=O)(=O)NCc1ccccc1Cl. The summed E-state index contributed by atoms with van der Waals surface area (Å²) in [5, 5.41) is -0.335. The zero-order valence-corrected chi connectivity index (χ0v) is 12.3. The van der Waals surface area contributed by atoms with Crippen LogP contribution in [0.4, 0.5) is 0 Å². The van der Waals surface area contributed by atoms with Gasteiger partial charge in [-0.1, -0.05) is 48.9 Å². The maximum atomic E-state index is 12.0. The molecular weight excluding hydrogens is 292 g/mol. The van der Waals surface area contributed by atoms with Gasteiger partial charge in [0.2, 0.25) is 10.0 Å². The third-order valence-corrected chi connectivity index (χ3v) is 5.17. The summed E-state index contributed by atoms with van der Waals surface area (Å²) in [6, 6.07) is 7.03. The van der Waals surface area contributed by atoms with Crippen LogP contribution >= 0.6 is 23.8 Å². The normalized spacial score (nSPS) is 13.2. The van der Waals surface area contributed by atoms with Crippen molar-refractivity contribution < 1.29 is 8.42 Å². The van der Waals surface area contributed by atoms with Gasteiger partial charge in [0.25, 0.3) is 0 Å². The van der Waals surface area contributed by atoms with Gasteiger partial charge in [0.15, 0.2) is 0 Å². The lowest BCUT2D eigenvalue weighted by molar-refractivity contribution is 0.574. The summed E-state index contributed by atoms with van der Waals surface area (Å²) in [6.45, 7) is 1.85. The van der Waals surface area contributed by atoms with Crippen LogP contribution in [-0.4, -0.2) is 18.7 Å². The standard InChI is InChI=1S/C11H15ClN2O2S2/c1-2-10(11(13)17)18(15,16)14-7-8-5-3-4-6-9(8)12/h3-6,10,14H,2,7H2,1H3,(H2,13,17). The predicted octanol–water partition coefficient (Wildman–Crippen LogP) is 1.82. The lowest BCUT2D eigenvalue weighted by atomic mass is 10.2. The summed E-state index contributed by atoms with van der Waals surface area (Å²) in [5.41, 5.74) is 6.13. The van der Waals surface area contributed by atoms with Crippen LogP contribution in [0.25, 0.3) is 0 Å². The van der Waals surface area contributed by atoms with Crippen LogP contribution in [0.2, 0.25) is 5.02 Å². The van der Waals surface area contributed by atoms with E-state index >= 15 is 0 Å². The molecular formula is C11H15ClN2O2S2. The highest BCUT2D eigenvalue weighted by Gasteiger charge is 2.25. The van der Waals surface area contributed by atoms with Crippen LogP contribution in [0, 0.1) is 0 Å². The first-order chi connectivity index (χ1) is 8.38. The van der Waals surface area contributed by atoms with Gasteiger partial charge in [-0.3, -0.25) is 0 Å². The molecule has 100 valence electrons. The van der Waals surface area contributed by atoms with Gasteiger partial charge in [-0.2, -0.15) is 0 Å². The second kappa shape index (κ2) is 6.47. The highest BCUT2D eigenvalue weighted by Crippen LogP contribution is 2.15. The van der Waals surface area contributed by atoms with Crippen LogP contribution < -0.4 is 10.5 Å². The molecule has 1 aromatic rings. The van der Waals surface area contributed by atoms with Gasteiger partial charge in [0, 0.05) is 11.6 Å². The van der Waals surface area contributed by atoms with Crippen molar-refractivity contribution in [2.75, 3.05) is 0 Å². The van der Waals surface area contributed by atoms with E-state index in [0.717, 1.165) is 0 Å². The van der Waals surface area contributed by atoms with Gasteiger partial charge in [-0.25, -0.2) is 13.1 Å². The van der Waals surface area contributed by atoms with E-state index in [9.17, 15) is 8.42 Å². The summed E-state index contributed by atoms with van der Waals surface area (Å²) in [6.07, 6.45) is 0.340. The summed E-state index contributed by atoms with van der Waals surface area (Å²) >= 11 is 10.7. The minimum Gasteiger partial charge on any atom is -0.392 e. The molecule has 0 radical (unpaired) electrons. The number of nitrogens with two attached hydrogens (primary N) is 1. The Morgan fingerprint density at radius 1 is 1.50 bits per heavy atom. The number of halogens is 1. The van der Waals surface area contributed by atoms with Crippen LogP contribution in [0.1, 0.15) is 18.9 Å². The highest BCUT2D eigenvalue weighted by atomic mass is 35.5. The van der Waals surface area contributed by atoms with Crippen molar-refractivity contribution in [2.45, 2.75) is 25.1 Å². The fourth-order valence-corrected chi connectivity index (χ4v) is 3.55. The fourth-order valence-electron chi connectivity index (χ4n) is 1.49. The second-order valence-corrected chi connectivity index (χ2v) is 6.58. The third kappa shape index (κ3) is 3.91. The summed E-state index contributed by atoms with van der Waals surface area (Å²) in [7, 11) is -3.56. The van der Waals surface area contributed by atoms with Crippen LogP contribution in [0.5, 0.6) is 0 Å². The van der Waals surface area contributed by atoms with Gasteiger partial charge < -0.3 is 5.73 Å². The van der Waals surface area contributed by atoms with Gasteiger partial charge in [0.05, 0.1) is 4.99 Å². The molecule has 0 spiro atoms. The Hall–Kier alpha value is -0.690. The quantitative estimate of drug-likeness (QED) is 0.787. The van der Waals surface area contributed by atoms with Crippen molar-refractivity contribution in [3.8, 4) is 0 Å². The first kappa shape index (κ1) is 15.4. The van der Waals surface area contributed by atoms with E-state index in [1.165, 1.54) is 0 Å². The van der Waals surface area contributed by atoms with Gasteiger partial charge in [0.1, 0.15) is 5.25 Å². The van der Waals surface area contributed by atoms with Crippen molar-refractivity contribution in [3.05, 3.63) is 34.9 Å². The minimum atomic E-state index is -3.56. The average molecular weight is 307 g/mol. The van der Waals surface area contributed by atoms with Gasteiger partial charge in [-0.05, 0) is 18.1 Å². The molecule has 0 saturated heterocycles. The molecule has 0 saturated carbocycles. The Bertz CT molecular complexity index is 532. The molecule has 3 N–H and O–H groups in total. The van der Waals surface area contributed by atoms with E-state index in [1.54, 1.807) is 31.2 Å². The highest BCUT2D eigenvalue weighted by molar-refractivity contribution is 7.93. The predicted molar refractivity (Wildman–Crippen MR) is 78.1 cm³/mol. The number of hydrogen-bond acceptors (Lipinski definition) is 3. The van der Waals surface area contributed by atoms with E-state index in [-0.39, 0.29) is 11.5 Å². The lowest BCUT2D eigenvalue weighted by Crippen LogP contribution is -2.41. The molecule has 1 unspecified atom stereocenters. The maximum absolute atomic E-state index is 12.0. The lowest BCUT2D eigenvalue weighted by Gasteiger charge is -2.15. The summed E-state index contributed by atoms with van der Waals surface area (Å²) < 4.78 is 26.4. The molecule has 1 atom stereocenters. The maximum Gasteiger partial charge on any atom is 0.221 e. The number of sulfonamides is 1. The monoisotopic (exact) mass is 306 g/mol. The van der Waals surface area contributed by atoms with Gasteiger partial charge >= 0.3 is 0 Å². The Labute approximate surface area is 118 Å². The molecule has 0 fully saturated rings. The second-order valence-electron chi connectivity index (χ2n) is 3.76. The Balaban J connectivity index is 2.79. The molecule has 0 aliphatic carbocycles. The third-order valence-electron chi connectivity index (χ3n) is 2.48. The fraction of sp³-hybridized carbons (Fsp3) is 0.364. The summed E-state index contributed by atoms with van der Waals surface area (Å²) in [4.78, 5) is -0.0239. The molecule has 18 heavy (non-hydrogen) atoms. The van der Waals surface area contributed by atoms with E-state index < -0.39 is 15.3 Å². The molecule has 4 nitrogen and oxygen atoms in total. The Morgan fingerprint density at radius 2 is 2.11 bits per heavy atom. The first-order valence-electron chi connectivity index (χ1n) is 5.39. The number of benzene rings is 1. The van der Waals surface area contributed by atoms with Crippen LogP contribution in [0.15, 0.2) is 24.3 Å². The molecule has 0 bridgehead atoms. The van der Waals surface area contributed by atoms with Crippen LogP contribution in [0.3, 0.4) is 0 Å². The molecule has 1 rings (SSSR count). The molecule has 0 aliphatic heterocycles. The Morgan fingerprint density at radius 3 is 2.61 bits per heavy atom. The molecule has 1 aromatic carbocycles. The molecule has 0 heterocycles. The number of thiocarbonyl (C=S) groups is 1. The number of rotatable bonds is 6. The number of nitrogens with one attached hydrogen (secondary N) is 1. The van der Waals surface area contributed by atoms with Crippen molar-refractivity contribution in [1.29, 1.82) is 0 Å². The van der Waals surface area contributed by atoms with E-state index in [4.69, 9.17) is 29.6 Å². The molecule has 0 amide bonds. The van der Waals surface area contributed by atoms with Crippen molar-refractivity contribution >= 4 is 38.8 Å². The minimum absolute atomic E-state index is 0.0239. The van der Waals surface area contributed by atoms with Crippen LogP contribution in [-0.2, 0) is 16.6 Å². The smallest absolute Gasteiger partial charge is 0.221 e. The van der Waals surface area contributed by atoms with E-state index in [2.05, 4.69) is 4.72 Å². The van der Waals surface area contributed by atoms with Crippen molar-refractivity contribution in [1.82, 2.24) is 4.72 Å². The summed E-state index contributed by atoms with van der Waals surface area (Å²) in [5.74, 6) is 0. The average Bonchev–Trinajstić information content (AvgIpc) is 2.28. The zero-order valence-electron chi connectivity index (χ0n) is 9.89. The van der Waals surface area contributed by atoms with Gasteiger partial charge in [-0.15, -0.1) is 0 Å². The van der Waals surface area contributed by atoms with E-state index in [1.807, 2.05) is 0 Å². The van der Waals surface area contributed by atoms with Crippen molar-refractivity contribution in [3.63, 3.8) is 0 Å². The Kier molecular flexibility index (Phi) is 5.52. The number of hydrogen-bond donors (Lipinski definition) is 2. The molecule has 7 heteroatoms. The molecule has 0 aromatic heterocycles. The van der Waals surface area contributed by atoms with Crippen molar-refractivity contribution in [2.24, 2.45) is 5.73 Å². The molecule has 0 aliphatic rings. The zero-order chi connectivity index (χ0) is 13.8. The largest absolute Gasteiger partial charge is 0.392 e.